The molecule has 1 heterocycles. The molecule has 2 aromatic rings. The van der Waals surface area contributed by atoms with Gasteiger partial charge >= 0.3 is 6.09 Å². The zero-order valence-corrected chi connectivity index (χ0v) is 14.6. The van der Waals surface area contributed by atoms with Crippen LogP contribution in [0.15, 0.2) is 60.7 Å². The number of rotatable bonds is 5. The molecule has 7 heteroatoms. The number of carbonyl (C=O) groups is 2. The number of amides is 2. The fourth-order valence-electron chi connectivity index (χ4n) is 3.24. The first-order valence-corrected chi connectivity index (χ1v) is 8.62. The van der Waals surface area contributed by atoms with Crippen molar-refractivity contribution in [2.75, 3.05) is 13.1 Å². The number of hydrogen-bond acceptors (Lipinski definition) is 2. The van der Waals surface area contributed by atoms with Crippen LogP contribution in [-0.4, -0.2) is 45.9 Å². The predicted octanol–water partition coefficient (Wildman–Crippen LogP) is 3.78. The minimum Gasteiger partial charge on any atom is -0.465 e. The van der Waals surface area contributed by atoms with Gasteiger partial charge in [0.05, 0.1) is 13.1 Å². The third kappa shape index (κ3) is 4.42. The van der Waals surface area contributed by atoms with Crippen LogP contribution in [-0.2, 0) is 11.3 Å². The minimum absolute atomic E-state index is 0.0221. The van der Waals surface area contributed by atoms with Gasteiger partial charge in [-0.05, 0) is 11.1 Å². The summed E-state index contributed by atoms with van der Waals surface area (Å²) in [6.45, 7) is -0.798. The number of carbonyl (C=O) groups excluding carboxylic acids is 1. The Morgan fingerprint density at radius 2 is 1.67 bits per heavy atom. The summed E-state index contributed by atoms with van der Waals surface area (Å²) in [4.78, 5) is 27.1. The van der Waals surface area contributed by atoms with Crippen LogP contribution in [0.5, 0.6) is 0 Å². The number of nitrogens with zero attached hydrogens (tertiary/aromatic N) is 2. The van der Waals surface area contributed by atoms with Crippen molar-refractivity contribution in [1.29, 1.82) is 0 Å². The quantitative estimate of drug-likeness (QED) is 0.867. The van der Waals surface area contributed by atoms with Crippen molar-refractivity contribution in [2.24, 2.45) is 0 Å². The van der Waals surface area contributed by atoms with Crippen LogP contribution in [0, 0.1) is 0 Å². The molecule has 1 aliphatic rings. The molecule has 3 rings (SSSR count). The van der Waals surface area contributed by atoms with E-state index in [9.17, 15) is 23.5 Å². The number of halogens is 2. The summed E-state index contributed by atoms with van der Waals surface area (Å²) in [5, 5.41) is 9.77. The molecule has 0 unspecified atom stereocenters. The van der Waals surface area contributed by atoms with Gasteiger partial charge in [-0.15, -0.1) is 0 Å². The summed E-state index contributed by atoms with van der Waals surface area (Å²) in [5.74, 6) is -3.57. The van der Waals surface area contributed by atoms with E-state index in [1.54, 1.807) is 60.7 Å². The second kappa shape index (κ2) is 7.73. The van der Waals surface area contributed by atoms with Crippen molar-refractivity contribution in [2.45, 2.75) is 24.9 Å². The SMILES string of the molecule is O=C([C@H](c1ccccc1)N(Cc1ccccc1)C(=O)O)N1CCC(F)(F)C1. The summed E-state index contributed by atoms with van der Waals surface area (Å²) in [5.41, 5.74) is 1.16. The fourth-order valence-corrected chi connectivity index (χ4v) is 3.24. The second-order valence-corrected chi connectivity index (χ2v) is 6.58. The zero-order valence-electron chi connectivity index (χ0n) is 14.6. The highest BCUT2D eigenvalue weighted by Gasteiger charge is 2.44. The molecular formula is C20H20F2N2O3. The predicted molar refractivity (Wildman–Crippen MR) is 95.3 cm³/mol. The smallest absolute Gasteiger partial charge is 0.408 e. The Balaban J connectivity index is 1.95. The Kier molecular flexibility index (Phi) is 5.39. The monoisotopic (exact) mass is 374 g/mol. The van der Waals surface area contributed by atoms with Crippen LogP contribution in [0.1, 0.15) is 23.6 Å². The lowest BCUT2D eigenvalue weighted by Gasteiger charge is -2.32. The summed E-state index contributed by atoms with van der Waals surface area (Å²) >= 11 is 0. The molecule has 142 valence electrons. The molecule has 0 saturated carbocycles. The maximum Gasteiger partial charge on any atom is 0.408 e. The van der Waals surface area contributed by atoms with Gasteiger partial charge in [-0.1, -0.05) is 60.7 Å². The Labute approximate surface area is 155 Å². The third-order valence-electron chi connectivity index (χ3n) is 4.58. The van der Waals surface area contributed by atoms with Crippen molar-refractivity contribution in [3.63, 3.8) is 0 Å². The van der Waals surface area contributed by atoms with Gasteiger partial charge in [0, 0.05) is 13.0 Å². The lowest BCUT2D eigenvalue weighted by molar-refractivity contribution is -0.137. The topological polar surface area (TPSA) is 60.9 Å². The van der Waals surface area contributed by atoms with Gasteiger partial charge < -0.3 is 10.0 Å². The second-order valence-electron chi connectivity index (χ2n) is 6.58. The van der Waals surface area contributed by atoms with Crippen molar-refractivity contribution in [3.05, 3.63) is 71.8 Å². The number of carboxylic acid groups (broad SMARTS) is 1. The number of benzene rings is 2. The van der Waals surface area contributed by atoms with E-state index in [4.69, 9.17) is 0 Å². The summed E-state index contributed by atoms with van der Waals surface area (Å²) in [6, 6.07) is 16.1. The highest BCUT2D eigenvalue weighted by atomic mass is 19.3. The molecule has 5 nitrogen and oxygen atoms in total. The third-order valence-corrected chi connectivity index (χ3v) is 4.58. The van der Waals surface area contributed by atoms with E-state index >= 15 is 0 Å². The van der Waals surface area contributed by atoms with E-state index in [0.717, 1.165) is 9.80 Å². The molecule has 27 heavy (non-hydrogen) atoms. The van der Waals surface area contributed by atoms with Crippen LogP contribution in [0.3, 0.4) is 0 Å². The lowest BCUT2D eigenvalue weighted by Crippen LogP contribution is -2.44. The Morgan fingerprint density at radius 3 is 2.19 bits per heavy atom. The molecule has 1 fully saturated rings. The fraction of sp³-hybridized carbons (Fsp3) is 0.300. The maximum atomic E-state index is 13.6. The summed E-state index contributed by atoms with van der Waals surface area (Å²) < 4.78 is 27.2. The number of likely N-dealkylation sites (tertiary alicyclic amines) is 1. The lowest BCUT2D eigenvalue weighted by atomic mass is 10.0. The highest BCUT2D eigenvalue weighted by molar-refractivity contribution is 5.87. The molecule has 0 radical (unpaired) electrons. The van der Waals surface area contributed by atoms with Crippen molar-refractivity contribution in [1.82, 2.24) is 9.80 Å². The first-order valence-electron chi connectivity index (χ1n) is 8.62. The Bertz CT molecular complexity index is 799. The molecule has 1 saturated heterocycles. The van der Waals surface area contributed by atoms with Crippen LogP contribution in [0.4, 0.5) is 13.6 Å². The Morgan fingerprint density at radius 1 is 1.07 bits per heavy atom. The van der Waals surface area contributed by atoms with E-state index in [-0.39, 0.29) is 13.1 Å². The van der Waals surface area contributed by atoms with Crippen LogP contribution in [0.2, 0.25) is 0 Å². The zero-order chi connectivity index (χ0) is 19.4. The van der Waals surface area contributed by atoms with Gasteiger partial charge in [-0.2, -0.15) is 0 Å². The Hall–Kier alpha value is -2.96. The van der Waals surface area contributed by atoms with E-state index < -0.39 is 36.9 Å². The first-order chi connectivity index (χ1) is 12.9. The molecule has 0 aliphatic carbocycles. The van der Waals surface area contributed by atoms with Gasteiger partial charge in [0.2, 0.25) is 5.91 Å². The largest absolute Gasteiger partial charge is 0.465 e. The molecule has 1 atom stereocenters. The number of alkyl halides is 2. The minimum atomic E-state index is -2.94. The van der Waals surface area contributed by atoms with Gasteiger partial charge in [0.25, 0.3) is 5.92 Å². The standard InChI is InChI=1S/C20H20F2N2O3/c21-20(22)11-12-23(14-20)18(25)17(16-9-5-2-6-10-16)24(19(26)27)13-15-7-3-1-4-8-15/h1-10,17H,11-14H2,(H,26,27)/t17-/m0/s1. The highest BCUT2D eigenvalue weighted by Crippen LogP contribution is 2.32. The normalized spacial score (nSPS) is 16.7. The van der Waals surface area contributed by atoms with Crippen LogP contribution < -0.4 is 0 Å². The molecule has 0 aromatic heterocycles. The van der Waals surface area contributed by atoms with E-state index in [0.29, 0.717) is 11.1 Å². The molecule has 2 amide bonds. The number of hydrogen-bond donors (Lipinski definition) is 1. The maximum absolute atomic E-state index is 13.6. The van der Waals surface area contributed by atoms with Gasteiger partial charge in [0.15, 0.2) is 0 Å². The van der Waals surface area contributed by atoms with Crippen molar-refractivity contribution < 1.29 is 23.5 Å². The van der Waals surface area contributed by atoms with E-state index in [1.807, 2.05) is 0 Å². The summed E-state index contributed by atoms with van der Waals surface area (Å²) in [7, 11) is 0. The molecule has 1 aliphatic heterocycles. The molecule has 0 bridgehead atoms. The van der Waals surface area contributed by atoms with Gasteiger partial charge in [-0.25, -0.2) is 13.6 Å². The van der Waals surface area contributed by atoms with Gasteiger partial charge in [0.1, 0.15) is 6.04 Å². The molecule has 1 N–H and O–H groups in total. The first kappa shape index (κ1) is 18.8. The van der Waals surface area contributed by atoms with Crippen molar-refractivity contribution in [3.8, 4) is 0 Å². The average Bonchev–Trinajstić information content (AvgIpc) is 3.02. The molecule has 2 aromatic carbocycles. The summed E-state index contributed by atoms with van der Waals surface area (Å²) in [6.07, 6.45) is -1.70. The van der Waals surface area contributed by atoms with Gasteiger partial charge in [-0.3, -0.25) is 9.69 Å². The van der Waals surface area contributed by atoms with E-state index in [1.165, 1.54) is 0 Å². The molecule has 0 spiro atoms. The van der Waals surface area contributed by atoms with Crippen LogP contribution >= 0.6 is 0 Å². The van der Waals surface area contributed by atoms with E-state index in [2.05, 4.69) is 0 Å². The average molecular weight is 374 g/mol. The van der Waals surface area contributed by atoms with Crippen LogP contribution in [0.25, 0.3) is 0 Å². The molecular weight excluding hydrogens is 354 g/mol. The van der Waals surface area contributed by atoms with Crippen molar-refractivity contribution >= 4 is 12.0 Å².